The van der Waals surface area contributed by atoms with E-state index in [9.17, 15) is 0 Å². The van der Waals surface area contributed by atoms with Gasteiger partial charge >= 0.3 is 0 Å². The van der Waals surface area contributed by atoms with Crippen LogP contribution in [-0.2, 0) is 13.1 Å². The maximum atomic E-state index is 3.47. The van der Waals surface area contributed by atoms with Gasteiger partial charge < -0.3 is 10.6 Å². The summed E-state index contributed by atoms with van der Waals surface area (Å²) in [6, 6.07) is 4.36. The Hall–Kier alpha value is -0.680. The van der Waals surface area contributed by atoms with Gasteiger partial charge in [0.1, 0.15) is 0 Å². The van der Waals surface area contributed by atoms with E-state index in [2.05, 4.69) is 44.3 Å². The third kappa shape index (κ3) is 5.31. The SMILES string of the molecule is c1cc(CNCCCCNCc2ccsc2)cs1. The zero-order valence-electron chi connectivity index (χ0n) is 10.5. The third-order valence-electron chi connectivity index (χ3n) is 2.78. The molecular formula is C14H20N2S2. The van der Waals surface area contributed by atoms with E-state index in [0.717, 1.165) is 26.2 Å². The lowest BCUT2D eigenvalue weighted by molar-refractivity contribution is 0.583. The van der Waals surface area contributed by atoms with Gasteiger partial charge in [0.25, 0.3) is 0 Å². The molecule has 0 radical (unpaired) electrons. The number of hydrogen-bond acceptors (Lipinski definition) is 4. The molecule has 0 amide bonds. The highest BCUT2D eigenvalue weighted by molar-refractivity contribution is 7.08. The first kappa shape index (κ1) is 13.7. The van der Waals surface area contributed by atoms with Crippen LogP contribution in [0.1, 0.15) is 24.0 Å². The Labute approximate surface area is 117 Å². The molecule has 0 saturated carbocycles. The van der Waals surface area contributed by atoms with Crippen molar-refractivity contribution in [2.24, 2.45) is 0 Å². The second-order valence-corrected chi connectivity index (χ2v) is 5.88. The molecule has 0 aliphatic heterocycles. The van der Waals surface area contributed by atoms with Crippen molar-refractivity contribution in [3.05, 3.63) is 44.8 Å². The number of thiophene rings is 2. The van der Waals surface area contributed by atoms with E-state index in [1.807, 2.05) is 0 Å². The van der Waals surface area contributed by atoms with E-state index in [1.165, 1.54) is 24.0 Å². The molecule has 0 aliphatic rings. The van der Waals surface area contributed by atoms with Gasteiger partial charge in [0.05, 0.1) is 0 Å². The molecule has 2 nitrogen and oxygen atoms in total. The van der Waals surface area contributed by atoms with Crippen LogP contribution < -0.4 is 10.6 Å². The van der Waals surface area contributed by atoms with E-state index >= 15 is 0 Å². The van der Waals surface area contributed by atoms with E-state index in [-0.39, 0.29) is 0 Å². The van der Waals surface area contributed by atoms with Gasteiger partial charge in [-0.15, -0.1) is 0 Å². The van der Waals surface area contributed by atoms with Crippen molar-refractivity contribution in [3.8, 4) is 0 Å². The van der Waals surface area contributed by atoms with Crippen LogP contribution in [0.2, 0.25) is 0 Å². The first-order valence-electron chi connectivity index (χ1n) is 6.39. The van der Waals surface area contributed by atoms with Gasteiger partial charge in [-0.25, -0.2) is 0 Å². The quantitative estimate of drug-likeness (QED) is 0.687. The fourth-order valence-corrected chi connectivity index (χ4v) is 3.09. The predicted octanol–water partition coefficient (Wildman–Crippen LogP) is 3.47. The molecule has 4 heteroatoms. The van der Waals surface area contributed by atoms with Crippen molar-refractivity contribution in [1.82, 2.24) is 10.6 Å². The monoisotopic (exact) mass is 280 g/mol. The van der Waals surface area contributed by atoms with Gasteiger partial charge in [0, 0.05) is 13.1 Å². The molecular weight excluding hydrogens is 260 g/mol. The fraction of sp³-hybridized carbons (Fsp3) is 0.429. The molecule has 0 aromatic carbocycles. The van der Waals surface area contributed by atoms with E-state index in [4.69, 9.17) is 0 Å². The summed E-state index contributed by atoms with van der Waals surface area (Å²) >= 11 is 3.53. The number of rotatable bonds is 9. The van der Waals surface area contributed by atoms with E-state index in [1.54, 1.807) is 22.7 Å². The van der Waals surface area contributed by atoms with Gasteiger partial charge in [-0.1, -0.05) is 0 Å². The lowest BCUT2D eigenvalue weighted by atomic mass is 10.2. The molecule has 2 heterocycles. The Morgan fingerprint density at radius 2 is 1.28 bits per heavy atom. The molecule has 0 aliphatic carbocycles. The van der Waals surface area contributed by atoms with Crippen LogP contribution in [0.3, 0.4) is 0 Å². The Bertz CT molecular complexity index is 355. The minimum Gasteiger partial charge on any atom is -0.313 e. The van der Waals surface area contributed by atoms with Crippen LogP contribution >= 0.6 is 22.7 Å². The topological polar surface area (TPSA) is 24.1 Å². The molecule has 0 saturated heterocycles. The average Bonchev–Trinajstić information content (AvgIpc) is 3.05. The van der Waals surface area contributed by atoms with Crippen molar-refractivity contribution < 1.29 is 0 Å². The molecule has 0 spiro atoms. The summed E-state index contributed by atoms with van der Waals surface area (Å²) in [5.74, 6) is 0. The van der Waals surface area contributed by atoms with Gasteiger partial charge in [-0.3, -0.25) is 0 Å². The number of hydrogen-bond donors (Lipinski definition) is 2. The average molecular weight is 280 g/mol. The minimum atomic E-state index is 1.01. The highest BCUT2D eigenvalue weighted by atomic mass is 32.1. The molecule has 98 valence electrons. The van der Waals surface area contributed by atoms with Gasteiger partial charge in [-0.05, 0) is 70.7 Å². The molecule has 2 aromatic heterocycles. The predicted molar refractivity (Wildman–Crippen MR) is 81.3 cm³/mol. The molecule has 2 rings (SSSR count). The Balaban J connectivity index is 1.40. The van der Waals surface area contributed by atoms with Crippen molar-refractivity contribution in [1.29, 1.82) is 0 Å². The maximum absolute atomic E-state index is 3.47. The van der Waals surface area contributed by atoms with Crippen LogP contribution in [0.15, 0.2) is 33.7 Å². The first-order chi connectivity index (χ1) is 8.95. The van der Waals surface area contributed by atoms with Crippen molar-refractivity contribution in [2.45, 2.75) is 25.9 Å². The second kappa shape index (κ2) is 8.43. The fourth-order valence-electron chi connectivity index (χ4n) is 1.75. The van der Waals surface area contributed by atoms with Crippen molar-refractivity contribution in [3.63, 3.8) is 0 Å². The Kier molecular flexibility index (Phi) is 6.43. The van der Waals surface area contributed by atoms with E-state index in [0.29, 0.717) is 0 Å². The minimum absolute atomic E-state index is 1.01. The van der Waals surface area contributed by atoms with Gasteiger partial charge in [0.2, 0.25) is 0 Å². The van der Waals surface area contributed by atoms with Crippen molar-refractivity contribution in [2.75, 3.05) is 13.1 Å². The van der Waals surface area contributed by atoms with Crippen LogP contribution in [0.25, 0.3) is 0 Å². The van der Waals surface area contributed by atoms with Crippen LogP contribution in [0.4, 0.5) is 0 Å². The van der Waals surface area contributed by atoms with Gasteiger partial charge in [0.15, 0.2) is 0 Å². The lowest BCUT2D eigenvalue weighted by Gasteiger charge is -2.05. The van der Waals surface area contributed by atoms with Crippen LogP contribution in [0, 0.1) is 0 Å². The Morgan fingerprint density at radius 1 is 0.778 bits per heavy atom. The van der Waals surface area contributed by atoms with Crippen LogP contribution in [-0.4, -0.2) is 13.1 Å². The summed E-state index contributed by atoms with van der Waals surface area (Å²) in [5, 5.41) is 15.6. The molecule has 2 aromatic rings. The summed E-state index contributed by atoms with van der Waals surface area (Å²) in [4.78, 5) is 0. The first-order valence-corrected chi connectivity index (χ1v) is 8.27. The number of nitrogens with one attached hydrogen (secondary N) is 2. The summed E-state index contributed by atoms with van der Waals surface area (Å²) in [7, 11) is 0. The zero-order valence-corrected chi connectivity index (χ0v) is 12.2. The van der Waals surface area contributed by atoms with Gasteiger partial charge in [-0.2, -0.15) is 22.7 Å². The highest BCUT2D eigenvalue weighted by Crippen LogP contribution is 2.05. The standard InChI is InChI=1S/C14H20N2S2/c1(5-15-9-13-3-7-17-11-13)2-6-16-10-14-4-8-18-12-14/h3-4,7-8,11-12,15-16H,1-2,5-6,9-10H2. The lowest BCUT2D eigenvalue weighted by Crippen LogP contribution is -2.18. The highest BCUT2D eigenvalue weighted by Gasteiger charge is 1.94. The molecule has 18 heavy (non-hydrogen) atoms. The molecule has 0 atom stereocenters. The summed E-state index contributed by atoms with van der Waals surface area (Å²) in [6.07, 6.45) is 2.47. The Morgan fingerprint density at radius 3 is 1.67 bits per heavy atom. The van der Waals surface area contributed by atoms with Crippen LogP contribution in [0.5, 0.6) is 0 Å². The number of unbranched alkanes of at least 4 members (excludes halogenated alkanes) is 1. The van der Waals surface area contributed by atoms with Crippen molar-refractivity contribution >= 4 is 22.7 Å². The molecule has 2 N–H and O–H groups in total. The third-order valence-corrected chi connectivity index (χ3v) is 4.24. The summed E-state index contributed by atoms with van der Waals surface area (Å²) in [6.45, 7) is 4.23. The molecule has 0 unspecified atom stereocenters. The largest absolute Gasteiger partial charge is 0.313 e. The second-order valence-electron chi connectivity index (χ2n) is 4.32. The molecule has 0 fully saturated rings. The molecule has 0 bridgehead atoms. The zero-order chi connectivity index (χ0) is 12.5. The maximum Gasteiger partial charge on any atom is 0.0213 e. The normalized spacial score (nSPS) is 10.9. The summed E-state index contributed by atoms with van der Waals surface area (Å²) < 4.78 is 0. The smallest absolute Gasteiger partial charge is 0.0213 e. The van der Waals surface area contributed by atoms with E-state index < -0.39 is 0 Å². The summed E-state index contributed by atoms with van der Waals surface area (Å²) in [5.41, 5.74) is 2.80.